The van der Waals surface area contributed by atoms with Gasteiger partial charge in [0.15, 0.2) is 0 Å². The topological polar surface area (TPSA) is 47.6 Å². The van der Waals surface area contributed by atoms with Crippen molar-refractivity contribution in [2.45, 2.75) is 13.2 Å². The number of para-hydroxylation sites is 2. The maximum atomic E-state index is 12.5. The van der Waals surface area contributed by atoms with Crippen molar-refractivity contribution in [2.75, 3.05) is 5.32 Å². The van der Waals surface area contributed by atoms with Gasteiger partial charge in [-0.25, -0.2) is 0 Å². The molecule has 1 aromatic heterocycles. The van der Waals surface area contributed by atoms with Crippen molar-refractivity contribution in [2.24, 2.45) is 0 Å². The van der Waals surface area contributed by atoms with Crippen LogP contribution in [-0.2, 0) is 6.61 Å². The van der Waals surface area contributed by atoms with Crippen LogP contribution in [0.3, 0.4) is 0 Å². The van der Waals surface area contributed by atoms with E-state index >= 15 is 0 Å². The molecule has 3 aromatic carbocycles. The molecule has 0 saturated heterocycles. The van der Waals surface area contributed by atoms with Crippen LogP contribution in [0.1, 0.15) is 15.2 Å². The molecular formula is C23H17F2NO3S. The van der Waals surface area contributed by atoms with E-state index in [0.717, 1.165) is 22.1 Å². The summed E-state index contributed by atoms with van der Waals surface area (Å²) in [6, 6.07) is 21.7. The number of carbonyl (C=O) groups is 1. The van der Waals surface area contributed by atoms with Crippen molar-refractivity contribution in [3.63, 3.8) is 0 Å². The number of ether oxygens (including phenoxy) is 2. The fraction of sp³-hybridized carbons (Fsp3) is 0.0870. The Morgan fingerprint density at radius 2 is 1.73 bits per heavy atom. The summed E-state index contributed by atoms with van der Waals surface area (Å²) in [7, 11) is 0. The third-order valence-electron chi connectivity index (χ3n) is 4.36. The second-order valence-electron chi connectivity index (χ2n) is 6.45. The van der Waals surface area contributed by atoms with Gasteiger partial charge in [0.05, 0.1) is 10.6 Å². The molecule has 1 heterocycles. The number of anilines is 1. The van der Waals surface area contributed by atoms with Crippen LogP contribution in [0.4, 0.5) is 14.5 Å². The van der Waals surface area contributed by atoms with Gasteiger partial charge in [0.1, 0.15) is 18.1 Å². The molecule has 1 N–H and O–H groups in total. The predicted molar refractivity (Wildman–Crippen MR) is 114 cm³/mol. The van der Waals surface area contributed by atoms with E-state index in [4.69, 9.17) is 4.74 Å². The van der Waals surface area contributed by atoms with Crippen LogP contribution in [-0.4, -0.2) is 12.5 Å². The first-order chi connectivity index (χ1) is 14.6. The van der Waals surface area contributed by atoms with Gasteiger partial charge in [0, 0.05) is 5.56 Å². The van der Waals surface area contributed by atoms with E-state index in [1.807, 2.05) is 47.8 Å². The van der Waals surface area contributed by atoms with E-state index in [2.05, 4.69) is 10.1 Å². The predicted octanol–water partition coefficient (Wildman–Crippen LogP) is 6.33. The lowest BCUT2D eigenvalue weighted by Crippen LogP contribution is -2.12. The molecule has 0 unspecified atom stereocenters. The lowest BCUT2D eigenvalue weighted by molar-refractivity contribution is -0.0493. The number of thiophene rings is 1. The summed E-state index contributed by atoms with van der Waals surface area (Å²) in [5, 5.41) is 6.67. The molecule has 0 aliphatic heterocycles. The largest absolute Gasteiger partial charge is 0.489 e. The van der Waals surface area contributed by atoms with Gasteiger partial charge in [-0.2, -0.15) is 8.78 Å². The highest BCUT2D eigenvalue weighted by atomic mass is 32.1. The van der Waals surface area contributed by atoms with Crippen molar-refractivity contribution >= 4 is 33.7 Å². The van der Waals surface area contributed by atoms with E-state index in [0.29, 0.717) is 11.5 Å². The molecule has 4 aromatic rings. The molecule has 0 radical (unpaired) electrons. The zero-order valence-corrected chi connectivity index (χ0v) is 16.5. The average molecular weight is 425 g/mol. The summed E-state index contributed by atoms with van der Waals surface area (Å²) in [5.41, 5.74) is 1.03. The fourth-order valence-corrected chi connectivity index (χ4v) is 3.74. The van der Waals surface area contributed by atoms with Gasteiger partial charge in [-0.3, -0.25) is 4.79 Å². The highest BCUT2D eigenvalue weighted by Gasteiger charge is 2.14. The summed E-state index contributed by atoms with van der Waals surface area (Å²) >= 11 is 1.25. The molecule has 0 fully saturated rings. The van der Waals surface area contributed by atoms with Crippen LogP contribution in [0.15, 0.2) is 78.2 Å². The molecular weight excluding hydrogens is 408 g/mol. The molecule has 0 spiro atoms. The van der Waals surface area contributed by atoms with E-state index in [9.17, 15) is 13.6 Å². The fourth-order valence-electron chi connectivity index (χ4n) is 2.95. The van der Waals surface area contributed by atoms with Crippen molar-refractivity contribution in [3.05, 3.63) is 88.6 Å². The molecule has 4 nitrogen and oxygen atoms in total. The number of rotatable bonds is 7. The first-order valence-corrected chi connectivity index (χ1v) is 10.0. The molecule has 0 atom stereocenters. The van der Waals surface area contributed by atoms with Crippen LogP contribution in [0.5, 0.6) is 11.5 Å². The third-order valence-corrected chi connectivity index (χ3v) is 5.33. The SMILES string of the molecule is O=C(Nc1ccccc1OC(F)F)c1cc(COc2ccc3ccccc3c2)cs1. The van der Waals surface area contributed by atoms with Gasteiger partial charge in [0.25, 0.3) is 5.91 Å². The Morgan fingerprint density at radius 3 is 2.57 bits per heavy atom. The van der Waals surface area contributed by atoms with Crippen LogP contribution in [0.25, 0.3) is 10.8 Å². The minimum atomic E-state index is -2.97. The lowest BCUT2D eigenvalue weighted by Gasteiger charge is -2.10. The Morgan fingerprint density at radius 1 is 0.967 bits per heavy atom. The summed E-state index contributed by atoms with van der Waals surface area (Å²) in [6.45, 7) is -2.66. The number of nitrogens with one attached hydrogen (secondary N) is 1. The molecule has 0 aliphatic carbocycles. The number of carbonyl (C=O) groups excluding carboxylic acids is 1. The number of halogens is 2. The Balaban J connectivity index is 1.40. The van der Waals surface area contributed by atoms with Crippen molar-refractivity contribution < 1.29 is 23.0 Å². The highest BCUT2D eigenvalue weighted by molar-refractivity contribution is 7.12. The van der Waals surface area contributed by atoms with Gasteiger partial charge in [-0.1, -0.05) is 42.5 Å². The quantitative estimate of drug-likeness (QED) is 0.376. The standard InChI is InChI=1S/C23H17F2NO3S/c24-23(25)29-20-8-4-3-7-19(20)26-22(27)21-11-15(14-30-21)13-28-18-10-9-16-5-1-2-6-17(16)12-18/h1-12,14,23H,13H2,(H,26,27). The summed E-state index contributed by atoms with van der Waals surface area (Å²) in [4.78, 5) is 12.9. The number of fused-ring (bicyclic) bond motifs is 1. The number of alkyl halides is 2. The maximum absolute atomic E-state index is 12.5. The molecule has 1 amide bonds. The van der Waals surface area contributed by atoms with Gasteiger partial charge in [0.2, 0.25) is 0 Å². The molecule has 7 heteroatoms. The number of hydrogen-bond donors (Lipinski definition) is 1. The highest BCUT2D eigenvalue weighted by Crippen LogP contribution is 2.27. The minimum Gasteiger partial charge on any atom is -0.489 e. The van der Waals surface area contributed by atoms with E-state index in [1.54, 1.807) is 18.2 Å². The third kappa shape index (κ3) is 4.75. The Bertz CT molecular complexity index is 1180. The van der Waals surface area contributed by atoms with Crippen molar-refractivity contribution in [3.8, 4) is 11.5 Å². The van der Waals surface area contributed by atoms with Gasteiger partial charge in [-0.15, -0.1) is 11.3 Å². The van der Waals surface area contributed by atoms with E-state index in [-0.39, 0.29) is 11.4 Å². The molecule has 152 valence electrons. The number of benzene rings is 3. The van der Waals surface area contributed by atoms with Crippen LogP contribution < -0.4 is 14.8 Å². The van der Waals surface area contributed by atoms with Crippen molar-refractivity contribution in [1.29, 1.82) is 0 Å². The smallest absolute Gasteiger partial charge is 0.387 e. The lowest BCUT2D eigenvalue weighted by atomic mass is 10.1. The van der Waals surface area contributed by atoms with Crippen molar-refractivity contribution in [1.82, 2.24) is 0 Å². The first-order valence-electron chi connectivity index (χ1n) is 9.13. The Labute approximate surface area is 175 Å². The summed E-state index contributed by atoms with van der Waals surface area (Å²) in [6.07, 6.45) is 0. The van der Waals surface area contributed by atoms with Gasteiger partial charge < -0.3 is 14.8 Å². The molecule has 4 rings (SSSR count). The van der Waals surface area contributed by atoms with E-state index in [1.165, 1.54) is 23.5 Å². The second kappa shape index (κ2) is 8.92. The molecule has 30 heavy (non-hydrogen) atoms. The number of amides is 1. The Hall–Kier alpha value is -3.45. The van der Waals surface area contributed by atoms with Gasteiger partial charge in [-0.05, 0) is 46.5 Å². The zero-order chi connectivity index (χ0) is 20.9. The summed E-state index contributed by atoms with van der Waals surface area (Å²) < 4.78 is 35.3. The normalized spacial score (nSPS) is 10.9. The van der Waals surface area contributed by atoms with Gasteiger partial charge >= 0.3 is 6.61 Å². The van der Waals surface area contributed by atoms with E-state index < -0.39 is 12.5 Å². The maximum Gasteiger partial charge on any atom is 0.387 e. The minimum absolute atomic E-state index is 0.0859. The molecule has 0 bridgehead atoms. The first kappa shape index (κ1) is 19.8. The Kier molecular flexibility index (Phi) is 5.90. The van der Waals surface area contributed by atoms with Crippen LogP contribution in [0.2, 0.25) is 0 Å². The number of hydrogen-bond acceptors (Lipinski definition) is 4. The van der Waals surface area contributed by atoms with Crippen LogP contribution >= 0.6 is 11.3 Å². The van der Waals surface area contributed by atoms with Crippen LogP contribution in [0, 0.1) is 0 Å². The second-order valence-corrected chi connectivity index (χ2v) is 7.36. The summed E-state index contributed by atoms with van der Waals surface area (Å²) in [5.74, 6) is 0.253. The zero-order valence-electron chi connectivity index (χ0n) is 15.7. The monoisotopic (exact) mass is 425 g/mol. The average Bonchev–Trinajstić information content (AvgIpc) is 3.22. The molecule has 0 saturated carbocycles. The molecule has 0 aliphatic rings.